The molecular weight excluding hydrogens is 383 g/mol. The van der Waals surface area contributed by atoms with Gasteiger partial charge in [-0.15, -0.1) is 0 Å². The van der Waals surface area contributed by atoms with E-state index in [0.29, 0.717) is 37.8 Å². The molecule has 25 heavy (non-hydrogen) atoms. The Balaban J connectivity index is 1.86. The maximum Gasteiger partial charge on any atom is 0.291 e. The molecular formula is C18H13Cl3N2O2. The molecule has 1 heterocycles. The van der Waals surface area contributed by atoms with Crippen LogP contribution < -0.4 is 11.1 Å². The topological polar surface area (TPSA) is 68.3 Å². The first-order valence-corrected chi connectivity index (χ1v) is 8.41. The van der Waals surface area contributed by atoms with Crippen molar-refractivity contribution in [3.05, 3.63) is 68.9 Å². The molecule has 0 bridgehead atoms. The number of nitrogen functional groups attached to an aromatic ring is 1. The standard InChI is InChI=1S/C18H13Cl3N2O2/c1-9-6-11(22)8-14(21)17(9)23-18(24)16-5-4-15(25-16)12-3-2-10(19)7-13(12)20/h2-8H,22H2,1H3,(H,23,24). The molecule has 0 radical (unpaired) electrons. The molecule has 128 valence electrons. The van der Waals surface area contributed by atoms with Gasteiger partial charge in [0.25, 0.3) is 5.91 Å². The van der Waals surface area contributed by atoms with Crippen LogP contribution in [0.1, 0.15) is 16.1 Å². The number of hydrogen-bond donors (Lipinski definition) is 2. The molecule has 3 aromatic rings. The van der Waals surface area contributed by atoms with Crippen molar-refractivity contribution in [3.63, 3.8) is 0 Å². The zero-order valence-electron chi connectivity index (χ0n) is 13.1. The van der Waals surface area contributed by atoms with Gasteiger partial charge in [-0.05, 0) is 55.0 Å². The highest BCUT2D eigenvalue weighted by atomic mass is 35.5. The molecule has 0 saturated carbocycles. The average molecular weight is 396 g/mol. The van der Waals surface area contributed by atoms with Crippen LogP contribution in [0.2, 0.25) is 15.1 Å². The van der Waals surface area contributed by atoms with Crippen LogP contribution in [0.5, 0.6) is 0 Å². The highest BCUT2D eigenvalue weighted by Crippen LogP contribution is 2.32. The number of aryl methyl sites for hydroxylation is 1. The van der Waals surface area contributed by atoms with Crippen molar-refractivity contribution in [2.45, 2.75) is 6.92 Å². The van der Waals surface area contributed by atoms with E-state index in [1.165, 1.54) is 0 Å². The molecule has 0 saturated heterocycles. The monoisotopic (exact) mass is 394 g/mol. The molecule has 0 aliphatic heterocycles. The Kier molecular flexibility index (Phi) is 4.95. The van der Waals surface area contributed by atoms with E-state index in [1.807, 2.05) is 0 Å². The summed E-state index contributed by atoms with van der Waals surface area (Å²) in [6.07, 6.45) is 0. The number of carbonyl (C=O) groups is 1. The molecule has 0 unspecified atom stereocenters. The van der Waals surface area contributed by atoms with Gasteiger partial charge in [-0.25, -0.2) is 0 Å². The number of benzene rings is 2. The van der Waals surface area contributed by atoms with Gasteiger partial charge < -0.3 is 15.5 Å². The van der Waals surface area contributed by atoms with Crippen LogP contribution >= 0.6 is 34.8 Å². The van der Waals surface area contributed by atoms with Gasteiger partial charge in [0.2, 0.25) is 0 Å². The summed E-state index contributed by atoms with van der Waals surface area (Å²) in [4.78, 5) is 12.4. The Morgan fingerprint density at radius 1 is 1.04 bits per heavy atom. The molecule has 0 atom stereocenters. The first kappa shape index (κ1) is 17.7. The summed E-state index contributed by atoms with van der Waals surface area (Å²) in [6.45, 7) is 1.80. The van der Waals surface area contributed by atoms with Crippen molar-refractivity contribution in [2.75, 3.05) is 11.1 Å². The van der Waals surface area contributed by atoms with E-state index in [0.717, 1.165) is 5.56 Å². The fourth-order valence-corrected chi connectivity index (χ4v) is 3.22. The molecule has 1 amide bonds. The maximum absolute atomic E-state index is 12.4. The van der Waals surface area contributed by atoms with E-state index >= 15 is 0 Å². The second-order valence-electron chi connectivity index (χ2n) is 5.44. The Hall–Kier alpha value is -2.14. The number of nitrogens with two attached hydrogens (primary N) is 1. The zero-order valence-corrected chi connectivity index (χ0v) is 15.3. The van der Waals surface area contributed by atoms with Crippen LogP contribution in [0.3, 0.4) is 0 Å². The highest BCUT2D eigenvalue weighted by Gasteiger charge is 2.16. The number of hydrogen-bond acceptors (Lipinski definition) is 3. The molecule has 0 aliphatic carbocycles. The third-order valence-electron chi connectivity index (χ3n) is 3.57. The third kappa shape index (κ3) is 3.76. The second-order valence-corrected chi connectivity index (χ2v) is 6.69. The largest absolute Gasteiger partial charge is 0.451 e. The molecule has 0 fully saturated rings. The van der Waals surface area contributed by atoms with Crippen molar-refractivity contribution >= 4 is 52.1 Å². The van der Waals surface area contributed by atoms with Gasteiger partial charge in [0.05, 0.1) is 15.7 Å². The first-order chi connectivity index (χ1) is 11.8. The Labute approximate surface area is 159 Å². The average Bonchev–Trinajstić information content (AvgIpc) is 3.00. The predicted molar refractivity (Wildman–Crippen MR) is 103 cm³/mol. The fraction of sp³-hybridized carbons (Fsp3) is 0.0556. The zero-order chi connectivity index (χ0) is 18.1. The molecule has 0 aliphatic rings. The summed E-state index contributed by atoms with van der Waals surface area (Å²) >= 11 is 18.2. The molecule has 2 aromatic carbocycles. The van der Waals surface area contributed by atoms with Crippen LogP contribution in [0.15, 0.2) is 46.9 Å². The maximum atomic E-state index is 12.4. The summed E-state index contributed by atoms with van der Waals surface area (Å²) in [5.74, 6) is 0.173. The van der Waals surface area contributed by atoms with E-state index < -0.39 is 5.91 Å². The van der Waals surface area contributed by atoms with Crippen molar-refractivity contribution < 1.29 is 9.21 Å². The normalized spacial score (nSPS) is 10.7. The first-order valence-electron chi connectivity index (χ1n) is 7.27. The van der Waals surface area contributed by atoms with Gasteiger partial charge in [-0.3, -0.25) is 4.79 Å². The van der Waals surface area contributed by atoms with Gasteiger partial charge in [-0.1, -0.05) is 34.8 Å². The summed E-state index contributed by atoms with van der Waals surface area (Å²) in [7, 11) is 0. The van der Waals surface area contributed by atoms with Crippen molar-refractivity contribution in [3.8, 4) is 11.3 Å². The minimum atomic E-state index is -0.425. The van der Waals surface area contributed by atoms with E-state index in [4.69, 9.17) is 45.0 Å². The van der Waals surface area contributed by atoms with E-state index in [9.17, 15) is 4.79 Å². The summed E-state index contributed by atoms with van der Waals surface area (Å²) < 4.78 is 5.62. The molecule has 3 N–H and O–H groups in total. The number of carbonyl (C=O) groups excluding carboxylic acids is 1. The van der Waals surface area contributed by atoms with Gasteiger partial charge in [0, 0.05) is 16.3 Å². The number of amides is 1. The quantitative estimate of drug-likeness (QED) is 0.530. The lowest BCUT2D eigenvalue weighted by atomic mass is 10.1. The summed E-state index contributed by atoms with van der Waals surface area (Å²) in [6, 6.07) is 11.6. The second kappa shape index (κ2) is 7.00. The van der Waals surface area contributed by atoms with E-state index in [-0.39, 0.29) is 5.76 Å². The minimum absolute atomic E-state index is 0.133. The molecule has 4 nitrogen and oxygen atoms in total. The van der Waals surface area contributed by atoms with Gasteiger partial charge in [0.15, 0.2) is 5.76 Å². The van der Waals surface area contributed by atoms with E-state index in [2.05, 4.69) is 5.32 Å². The van der Waals surface area contributed by atoms with Crippen molar-refractivity contribution in [1.82, 2.24) is 0 Å². The lowest BCUT2D eigenvalue weighted by Crippen LogP contribution is -2.12. The molecule has 3 rings (SSSR count). The smallest absolute Gasteiger partial charge is 0.291 e. The number of anilines is 2. The van der Waals surface area contributed by atoms with Crippen molar-refractivity contribution in [1.29, 1.82) is 0 Å². The number of rotatable bonds is 3. The predicted octanol–water partition coefficient (Wildman–Crippen LogP) is 6.05. The molecule has 1 aromatic heterocycles. The van der Waals surface area contributed by atoms with Crippen molar-refractivity contribution in [2.24, 2.45) is 0 Å². The van der Waals surface area contributed by atoms with Crippen LogP contribution in [0.25, 0.3) is 11.3 Å². The van der Waals surface area contributed by atoms with Crippen LogP contribution in [-0.4, -0.2) is 5.91 Å². The highest BCUT2D eigenvalue weighted by molar-refractivity contribution is 6.36. The lowest BCUT2D eigenvalue weighted by molar-refractivity contribution is 0.0997. The molecule has 7 heteroatoms. The van der Waals surface area contributed by atoms with Gasteiger partial charge >= 0.3 is 0 Å². The van der Waals surface area contributed by atoms with E-state index in [1.54, 1.807) is 49.4 Å². The number of furan rings is 1. The Bertz CT molecular complexity index is 944. The molecule has 0 spiro atoms. The summed E-state index contributed by atoms with van der Waals surface area (Å²) in [5.41, 5.74) is 8.14. The third-order valence-corrected chi connectivity index (χ3v) is 4.42. The lowest BCUT2D eigenvalue weighted by Gasteiger charge is -2.10. The Morgan fingerprint density at radius 3 is 2.48 bits per heavy atom. The SMILES string of the molecule is Cc1cc(N)cc(Cl)c1NC(=O)c1ccc(-c2ccc(Cl)cc2Cl)o1. The Morgan fingerprint density at radius 2 is 1.80 bits per heavy atom. The van der Waals surface area contributed by atoms with Crippen LogP contribution in [0, 0.1) is 6.92 Å². The van der Waals surface area contributed by atoms with Crippen LogP contribution in [-0.2, 0) is 0 Å². The van der Waals surface area contributed by atoms with Gasteiger partial charge in [-0.2, -0.15) is 0 Å². The van der Waals surface area contributed by atoms with Crippen LogP contribution in [0.4, 0.5) is 11.4 Å². The fourth-order valence-electron chi connectivity index (χ4n) is 2.40. The number of halogens is 3. The minimum Gasteiger partial charge on any atom is -0.451 e. The number of nitrogens with one attached hydrogen (secondary N) is 1. The summed E-state index contributed by atoms with van der Waals surface area (Å²) in [5, 5.41) is 4.05. The van der Waals surface area contributed by atoms with Gasteiger partial charge in [0.1, 0.15) is 5.76 Å².